The molecule has 1 aliphatic rings. The summed E-state index contributed by atoms with van der Waals surface area (Å²) >= 11 is 0. The van der Waals surface area contributed by atoms with E-state index < -0.39 is 0 Å². The van der Waals surface area contributed by atoms with Gasteiger partial charge in [0.25, 0.3) is 0 Å². The minimum absolute atomic E-state index is 0.0441. The van der Waals surface area contributed by atoms with Gasteiger partial charge in [-0.25, -0.2) is 4.79 Å². The fourth-order valence-corrected chi connectivity index (χ4v) is 1.56. The highest BCUT2D eigenvalue weighted by Crippen LogP contribution is 2.23. The second-order valence-corrected chi connectivity index (χ2v) is 4.25. The van der Waals surface area contributed by atoms with Gasteiger partial charge in [0.1, 0.15) is 0 Å². The summed E-state index contributed by atoms with van der Waals surface area (Å²) in [6, 6.07) is 0.440. The summed E-state index contributed by atoms with van der Waals surface area (Å²) in [5.74, 6) is 0. The van der Waals surface area contributed by atoms with E-state index in [9.17, 15) is 4.79 Å². The number of carbonyl (C=O) groups excluding carboxylic acids is 1. The van der Waals surface area contributed by atoms with Crippen molar-refractivity contribution in [3.63, 3.8) is 0 Å². The van der Waals surface area contributed by atoms with E-state index in [-0.39, 0.29) is 23.5 Å². The van der Waals surface area contributed by atoms with Crippen molar-refractivity contribution in [3.05, 3.63) is 0 Å². The highest BCUT2D eigenvalue weighted by molar-refractivity contribution is 5.77. The van der Waals surface area contributed by atoms with Crippen molar-refractivity contribution < 1.29 is 4.79 Å². The first kappa shape index (κ1) is 8.37. The molecule has 3 nitrogen and oxygen atoms in total. The maximum Gasteiger partial charge on any atom is 0.315 e. The zero-order valence-electron chi connectivity index (χ0n) is 7.56. The van der Waals surface area contributed by atoms with Gasteiger partial charge < -0.3 is 10.6 Å². The lowest BCUT2D eigenvalue weighted by Gasteiger charge is -2.28. The molecule has 2 unspecified atom stereocenters. The molecule has 3 heteroatoms. The van der Waals surface area contributed by atoms with Gasteiger partial charge in [-0.3, -0.25) is 0 Å². The first-order valence-corrected chi connectivity index (χ1v) is 3.98. The summed E-state index contributed by atoms with van der Waals surface area (Å²) in [4.78, 5) is 10.9. The summed E-state index contributed by atoms with van der Waals surface area (Å²) in [5.41, 5.74) is 0.137. The minimum atomic E-state index is -0.0441. The Morgan fingerprint density at radius 1 is 1.27 bits per heavy atom. The Morgan fingerprint density at radius 3 is 2.00 bits per heavy atom. The fourth-order valence-electron chi connectivity index (χ4n) is 1.56. The van der Waals surface area contributed by atoms with Gasteiger partial charge in [-0.1, -0.05) is 20.8 Å². The van der Waals surface area contributed by atoms with E-state index in [1.165, 1.54) is 0 Å². The Morgan fingerprint density at radius 2 is 1.82 bits per heavy atom. The van der Waals surface area contributed by atoms with Crippen molar-refractivity contribution in [3.8, 4) is 0 Å². The molecular formula is C8H16N2O. The van der Waals surface area contributed by atoms with Crippen molar-refractivity contribution in [2.75, 3.05) is 0 Å². The summed E-state index contributed by atoms with van der Waals surface area (Å²) in [6.45, 7) is 8.40. The van der Waals surface area contributed by atoms with E-state index in [2.05, 4.69) is 31.4 Å². The van der Waals surface area contributed by atoms with Crippen LogP contribution in [0, 0.1) is 5.41 Å². The third kappa shape index (κ3) is 1.64. The zero-order valence-corrected chi connectivity index (χ0v) is 7.56. The molecule has 0 aromatic rings. The molecule has 1 heterocycles. The van der Waals surface area contributed by atoms with E-state index in [4.69, 9.17) is 0 Å². The lowest BCUT2D eigenvalue weighted by molar-refractivity contribution is 0.241. The van der Waals surface area contributed by atoms with Crippen LogP contribution in [0.2, 0.25) is 0 Å². The van der Waals surface area contributed by atoms with Crippen molar-refractivity contribution in [2.24, 2.45) is 5.41 Å². The Hall–Kier alpha value is -0.730. The standard InChI is InChI=1S/C8H16N2O/c1-5-6(8(2,3)4)10-7(11)9-5/h5-6H,1-4H3,(H2,9,10,11). The Labute approximate surface area is 67.5 Å². The first-order valence-electron chi connectivity index (χ1n) is 3.98. The van der Waals surface area contributed by atoms with Crippen LogP contribution in [0.4, 0.5) is 4.79 Å². The van der Waals surface area contributed by atoms with Gasteiger partial charge >= 0.3 is 6.03 Å². The third-order valence-electron chi connectivity index (χ3n) is 2.08. The molecule has 1 aliphatic heterocycles. The normalized spacial score (nSPS) is 31.5. The topological polar surface area (TPSA) is 41.1 Å². The van der Waals surface area contributed by atoms with Crippen LogP contribution in [0.25, 0.3) is 0 Å². The second-order valence-electron chi connectivity index (χ2n) is 4.25. The molecule has 0 bridgehead atoms. The fraction of sp³-hybridized carbons (Fsp3) is 0.875. The number of rotatable bonds is 0. The zero-order chi connectivity index (χ0) is 8.65. The molecule has 1 saturated heterocycles. The number of carbonyl (C=O) groups is 1. The van der Waals surface area contributed by atoms with Gasteiger partial charge in [-0.15, -0.1) is 0 Å². The van der Waals surface area contributed by atoms with E-state index in [0.29, 0.717) is 0 Å². The van der Waals surface area contributed by atoms with Gasteiger partial charge in [-0.05, 0) is 12.3 Å². The second kappa shape index (κ2) is 2.40. The quantitative estimate of drug-likeness (QED) is 0.542. The van der Waals surface area contributed by atoms with Gasteiger partial charge in [0.15, 0.2) is 0 Å². The molecule has 0 spiro atoms. The average molecular weight is 156 g/mol. The minimum Gasteiger partial charge on any atom is -0.334 e. The van der Waals surface area contributed by atoms with Crippen molar-refractivity contribution in [1.29, 1.82) is 0 Å². The van der Waals surface area contributed by atoms with Crippen molar-refractivity contribution in [2.45, 2.75) is 39.8 Å². The van der Waals surface area contributed by atoms with E-state index in [1.807, 2.05) is 6.92 Å². The average Bonchev–Trinajstić information content (AvgIpc) is 2.08. The van der Waals surface area contributed by atoms with Crippen LogP contribution < -0.4 is 10.6 Å². The van der Waals surface area contributed by atoms with Crippen molar-refractivity contribution in [1.82, 2.24) is 10.6 Å². The van der Waals surface area contributed by atoms with Crippen LogP contribution in [-0.4, -0.2) is 18.1 Å². The van der Waals surface area contributed by atoms with Crippen LogP contribution in [0.1, 0.15) is 27.7 Å². The smallest absolute Gasteiger partial charge is 0.315 e. The molecule has 2 amide bonds. The number of hydrogen-bond acceptors (Lipinski definition) is 1. The van der Waals surface area contributed by atoms with E-state index in [1.54, 1.807) is 0 Å². The summed E-state index contributed by atoms with van der Waals surface area (Å²) < 4.78 is 0. The van der Waals surface area contributed by atoms with Gasteiger partial charge in [0.2, 0.25) is 0 Å². The van der Waals surface area contributed by atoms with Crippen LogP contribution in [0.5, 0.6) is 0 Å². The highest BCUT2D eigenvalue weighted by Gasteiger charge is 2.36. The molecule has 2 atom stereocenters. The van der Waals surface area contributed by atoms with Gasteiger partial charge in [-0.2, -0.15) is 0 Å². The number of hydrogen-bond donors (Lipinski definition) is 2. The monoisotopic (exact) mass is 156 g/mol. The number of nitrogens with one attached hydrogen (secondary N) is 2. The Kier molecular flexibility index (Phi) is 1.82. The largest absolute Gasteiger partial charge is 0.334 e. The molecule has 0 aromatic carbocycles. The molecule has 1 fully saturated rings. The highest BCUT2D eigenvalue weighted by atomic mass is 16.2. The molecule has 64 valence electrons. The lowest BCUT2D eigenvalue weighted by Crippen LogP contribution is -2.42. The number of urea groups is 1. The molecule has 2 N–H and O–H groups in total. The van der Waals surface area contributed by atoms with Crippen LogP contribution >= 0.6 is 0 Å². The molecular weight excluding hydrogens is 140 g/mol. The summed E-state index contributed by atoms with van der Waals surface area (Å²) in [6.07, 6.45) is 0. The van der Waals surface area contributed by atoms with Crippen LogP contribution in [0.15, 0.2) is 0 Å². The van der Waals surface area contributed by atoms with E-state index >= 15 is 0 Å². The maximum atomic E-state index is 10.9. The van der Waals surface area contributed by atoms with Gasteiger partial charge in [0.05, 0.1) is 6.04 Å². The lowest BCUT2D eigenvalue weighted by atomic mass is 9.84. The third-order valence-corrected chi connectivity index (χ3v) is 2.08. The molecule has 0 radical (unpaired) electrons. The van der Waals surface area contributed by atoms with Crippen LogP contribution in [0.3, 0.4) is 0 Å². The van der Waals surface area contributed by atoms with Gasteiger partial charge in [0, 0.05) is 6.04 Å². The Bertz CT molecular complexity index is 171. The first-order chi connectivity index (χ1) is 4.91. The molecule has 11 heavy (non-hydrogen) atoms. The summed E-state index contributed by atoms with van der Waals surface area (Å²) in [7, 11) is 0. The number of amides is 2. The molecule has 0 saturated carbocycles. The van der Waals surface area contributed by atoms with E-state index in [0.717, 1.165) is 0 Å². The molecule has 1 rings (SSSR count). The SMILES string of the molecule is CC1NC(=O)NC1C(C)(C)C. The summed E-state index contributed by atoms with van der Waals surface area (Å²) in [5, 5.41) is 5.72. The molecule has 0 aliphatic carbocycles. The van der Waals surface area contributed by atoms with Crippen molar-refractivity contribution >= 4 is 6.03 Å². The van der Waals surface area contributed by atoms with Crippen LogP contribution in [-0.2, 0) is 0 Å². The molecule has 0 aromatic heterocycles. The predicted molar refractivity (Wildman–Crippen MR) is 44.4 cm³/mol. The Balaban J connectivity index is 2.67. The maximum absolute atomic E-state index is 10.9. The predicted octanol–water partition coefficient (Wildman–Crippen LogP) is 1.10.